The highest BCUT2D eigenvalue weighted by Gasteiger charge is 2.37. The first-order chi connectivity index (χ1) is 10.5. The van der Waals surface area contributed by atoms with Gasteiger partial charge in [0.2, 0.25) is 0 Å². The fourth-order valence-corrected chi connectivity index (χ4v) is 2.85. The summed E-state index contributed by atoms with van der Waals surface area (Å²) in [7, 11) is 0. The molecule has 1 aromatic rings. The zero-order valence-corrected chi connectivity index (χ0v) is 13.1. The molecule has 1 heterocycles. The number of amides is 1. The molecular weight excluding hydrogens is 282 g/mol. The Morgan fingerprint density at radius 1 is 1.32 bits per heavy atom. The fourth-order valence-electron chi connectivity index (χ4n) is 2.85. The van der Waals surface area contributed by atoms with E-state index >= 15 is 0 Å². The summed E-state index contributed by atoms with van der Waals surface area (Å²) in [6.45, 7) is 4.78. The lowest BCUT2D eigenvalue weighted by Gasteiger charge is -2.37. The Morgan fingerprint density at radius 2 is 2.00 bits per heavy atom. The van der Waals surface area contributed by atoms with Gasteiger partial charge in [-0.05, 0) is 30.2 Å². The number of ether oxygens (including phenoxy) is 1. The van der Waals surface area contributed by atoms with Crippen molar-refractivity contribution in [2.24, 2.45) is 11.8 Å². The smallest absolute Gasteiger partial charge is 0.410 e. The van der Waals surface area contributed by atoms with Crippen molar-refractivity contribution in [1.29, 1.82) is 0 Å². The summed E-state index contributed by atoms with van der Waals surface area (Å²) in [4.78, 5) is 25.0. The van der Waals surface area contributed by atoms with Gasteiger partial charge in [-0.25, -0.2) is 9.59 Å². The van der Waals surface area contributed by atoms with Gasteiger partial charge in [0.05, 0.1) is 0 Å². The maximum atomic E-state index is 12.2. The van der Waals surface area contributed by atoms with Gasteiger partial charge in [0, 0.05) is 6.54 Å². The van der Waals surface area contributed by atoms with Gasteiger partial charge in [0.1, 0.15) is 12.6 Å². The average molecular weight is 305 g/mol. The van der Waals surface area contributed by atoms with Crippen LogP contribution in [0, 0.1) is 11.8 Å². The molecule has 2 rings (SSSR count). The highest BCUT2D eigenvalue weighted by molar-refractivity contribution is 5.80. The monoisotopic (exact) mass is 305 g/mol. The predicted octanol–water partition coefficient (Wildman–Crippen LogP) is 3.14. The summed E-state index contributed by atoms with van der Waals surface area (Å²) in [6.07, 6.45) is 0.772. The summed E-state index contributed by atoms with van der Waals surface area (Å²) in [5, 5.41) is 9.39. The number of likely N-dealkylation sites (tertiary alicyclic amines) is 1. The lowest BCUT2D eigenvalue weighted by atomic mass is 9.83. The normalized spacial score (nSPS) is 21.7. The third-order valence-electron chi connectivity index (χ3n) is 4.31. The molecule has 1 saturated heterocycles. The van der Waals surface area contributed by atoms with Crippen LogP contribution >= 0.6 is 0 Å². The van der Waals surface area contributed by atoms with Gasteiger partial charge in [-0.3, -0.25) is 4.90 Å². The Bertz CT molecular complexity index is 515. The molecule has 1 fully saturated rings. The van der Waals surface area contributed by atoms with Crippen molar-refractivity contribution in [2.45, 2.75) is 39.3 Å². The topological polar surface area (TPSA) is 66.8 Å². The Morgan fingerprint density at radius 3 is 2.59 bits per heavy atom. The third-order valence-corrected chi connectivity index (χ3v) is 4.31. The molecule has 1 aromatic carbocycles. The zero-order valence-electron chi connectivity index (χ0n) is 13.1. The van der Waals surface area contributed by atoms with Crippen LogP contribution in [-0.2, 0) is 16.1 Å². The summed E-state index contributed by atoms with van der Waals surface area (Å²) in [6, 6.07) is 8.58. The van der Waals surface area contributed by atoms with E-state index in [0.717, 1.165) is 12.0 Å². The van der Waals surface area contributed by atoms with E-state index in [1.54, 1.807) is 0 Å². The van der Waals surface area contributed by atoms with Gasteiger partial charge in [0.25, 0.3) is 0 Å². The lowest BCUT2D eigenvalue weighted by molar-refractivity contribution is -0.145. The first-order valence-electron chi connectivity index (χ1n) is 7.69. The number of hydrogen-bond donors (Lipinski definition) is 1. The Balaban J connectivity index is 1.97. The molecule has 0 aliphatic carbocycles. The zero-order chi connectivity index (χ0) is 16.1. The van der Waals surface area contributed by atoms with Crippen LogP contribution in [0.15, 0.2) is 30.3 Å². The number of rotatable bonds is 4. The second-order valence-corrected chi connectivity index (χ2v) is 6.12. The van der Waals surface area contributed by atoms with Crippen LogP contribution in [0.5, 0.6) is 0 Å². The van der Waals surface area contributed by atoms with E-state index in [9.17, 15) is 14.7 Å². The number of carbonyl (C=O) groups is 2. The summed E-state index contributed by atoms with van der Waals surface area (Å²) >= 11 is 0. The van der Waals surface area contributed by atoms with Crippen molar-refractivity contribution in [1.82, 2.24) is 4.90 Å². The highest BCUT2D eigenvalue weighted by Crippen LogP contribution is 2.29. The van der Waals surface area contributed by atoms with Crippen molar-refractivity contribution in [3.8, 4) is 0 Å². The van der Waals surface area contributed by atoms with E-state index in [2.05, 4.69) is 13.8 Å². The molecule has 22 heavy (non-hydrogen) atoms. The third kappa shape index (κ3) is 4.00. The maximum Gasteiger partial charge on any atom is 0.410 e. The number of benzene rings is 1. The minimum Gasteiger partial charge on any atom is -0.480 e. The molecule has 0 radical (unpaired) electrons. The van der Waals surface area contributed by atoms with Crippen LogP contribution in [0.4, 0.5) is 4.79 Å². The van der Waals surface area contributed by atoms with Crippen LogP contribution in [-0.4, -0.2) is 34.7 Å². The highest BCUT2D eigenvalue weighted by atomic mass is 16.6. The average Bonchev–Trinajstić information content (AvgIpc) is 2.52. The molecular formula is C17H23NO4. The molecule has 120 valence electrons. The number of hydrogen-bond acceptors (Lipinski definition) is 3. The van der Waals surface area contributed by atoms with Crippen molar-refractivity contribution >= 4 is 12.1 Å². The molecule has 1 aliphatic heterocycles. The standard InChI is InChI=1S/C17H23NO4/c1-12(2)14-8-9-18(15(10-14)16(19)20)17(21)22-11-13-6-4-3-5-7-13/h3-7,12,14-15H,8-11H2,1-2H3,(H,19,20)/t14-,15+/m0/s1. The van der Waals surface area contributed by atoms with Crippen LogP contribution in [0.3, 0.4) is 0 Å². The van der Waals surface area contributed by atoms with Gasteiger partial charge in [-0.15, -0.1) is 0 Å². The summed E-state index contributed by atoms with van der Waals surface area (Å²) in [5.41, 5.74) is 0.889. The van der Waals surface area contributed by atoms with Gasteiger partial charge in [0.15, 0.2) is 0 Å². The Kier molecular flexibility index (Phi) is 5.41. The predicted molar refractivity (Wildman–Crippen MR) is 82.3 cm³/mol. The van der Waals surface area contributed by atoms with Crippen LogP contribution in [0.1, 0.15) is 32.3 Å². The number of carboxylic acids is 1. The van der Waals surface area contributed by atoms with E-state index in [4.69, 9.17) is 4.74 Å². The molecule has 5 heteroatoms. The summed E-state index contributed by atoms with van der Waals surface area (Å²) in [5.74, 6) is -0.203. The van der Waals surface area contributed by atoms with Gasteiger partial charge >= 0.3 is 12.1 Å². The maximum absolute atomic E-state index is 12.2. The number of aliphatic carboxylic acids is 1. The van der Waals surface area contributed by atoms with Crippen molar-refractivity contribution < 1.29 is 19.4 Å². The van der Waals surface area contributed by atoms with E-state index < -0.39 is 18.1 Å². The largest absolute Gasteiger partial charge is 0.480 e. The molecule has 5 nitrogen and oxygen atoms in total. The van der Waals surface area contributed by atoms with Crippen molar-refractivity contribution in [3.63, 3.8) is 0 Å². The van der Waals surface area contributed by atoms with Crippen molar-refractivity contribution in [3.05, 3.63) is 35.9 Å². The number of carboxylic acid groups (broad SMARTS) is 1. The fraction of sp³-hybridized carbons (Fsp3) is 0.529. The first-order valence-corrected chi connectivity index (χ1v) is 7.69. The second-order valence-electron chi connectivity index (χ2n) is 6.12. The van der Waals surface area contributed by atoms with E-state index in [0.29, 0.717) is 24.8 Å². The van der Waals surface area contributed by atoms with E-state index in [-0.39, 0.29) is 6.61 Å². The van der Waals surface area contributed by atoms with Gasteiger partial charge in [-0.2, -0.15) is 0 Å². The molecule has 0 aromatic heterocycles. The molecule has 1 N–H and O–H groups in total. The van der Waals surface area contributed by atoms with E-state index in [1.165, 1.54) is 4.90 Å². The molecule has 1 amide bonds. The first kappa shape index (κ1) is 16.3. The van der Waals surface area contributed by atoms with Crippen molar-refractivity contribution in [2.75, 3.05) is 6.54 Å². The quantitative estimate of drug-likeness (QED) is 0.928. The van der Waals surface area contributed by atoms with E-state index in [1.807, 2.05) is 30.3 Å². The van der Waals surface area contributed by atoms with Gasteiger partial charge in [-0.1, -0.05) is 44.2 Å². The van der Waals surface area contributed by atoms with Gasteiger partial charge < -0.3 is 9.84 Å². The number of nitrogens with zero attached hydrogens (tertiary/aromatic N) is 1. The molecule has 1 aliphatic rings. The molecule has 0 saturated carbocycles. The minimum atomic E-state index is -0.956. The SMILES string of the molecule is CC(C)[C@H]1CCN(C(=O)OCc2ccccc2)[C@@H](C(=O)O)C1. The van der Waals surface area contributed by atoms with Crippen LogP contribution < -0.4 is 0 Å². The summed E-state index contributed by atoms with van der Waals surface area (Å²) < 4.78 is 5.27. The van der Waals surface area contributed by atoms with Crippen LogP contribution in [0.2, 0.25) is 0 Å². The Hall–Kier alpha value is -2.04. The Labute approximate surface area is 130 Å². The number of carbonyl (C=O) groups excluding carboxylic acids is 1. The van der Waals surface area contributed by atoms with Crippen LogP contribution in [0.25, 0.3) is 0 Å². The lowest BCUT2D eigenvalue weighted by Crippen LogP contribution is -2.50. The number of piperidine rings is 1. The second kappa shape index (κ2) is 7.29. The molecule has 0 bridgehead atoms. The molecule has 0 spiro atoms. The molecule has 0 unspecified atom stereocenters. The molecule has 2 atom stereocenters. The minimum absolute atomic E-state index is 0.163.